The van der Waals surface area contributed by atoms with E-state index in [0.717, 1.165) is 13.1 Å². The standard InChI is InChI=1S/C16H25N/c1-6-12(2)13-7-8-15-14(9-13)10-17(5)11-16(15,3)4/h7-9,12H,6,10-11H2,1-5H3. The van der Waals surface area contributed by atoms with Crippen LogP contribution >= 0.6 is 0 Å². The van der Waals surface area contributed by atoms with E-state index < -0.39 is 0 Å². The van der Waals surface area contributed by atoms with Gasteiger partial charge in [0.05, 0.1) is 0 Å². The minimum atomic E-state index is 0.288. The van der Waals surface area contributed by atoms with Crippen molar-refractivity contribution in [2.75, 3.05) is 13.6 Å². The molecule has 1 heteroatoms. The molecule has 1 aliphatic heterocycles. The lowest BCUT2D eigenvalue weighted by molar-refractivity contribution is 0.235. The number of likely N-dealkylation sites (N-methyl/N-ethyl adjacent to an activating group) is 1. The molecule has 0 saturated heterocycles. The van der Waals surface area contributed by atoms with Crippen LogP contribution < -0.4 is 0 Å². The third-order valence-electron chi connectivity index (χ3n) is 4.15. The molecule has 1 aromatic rings. The van der Waals surface area contributed by atoms with E-state index in [1.807, 2.05) is 0 Å². The Morgan fingerprint density at radius 2 is 2.06 bits per heavy atom. The molecule has 0 amide bonds. The topological polar surface area (TPSA) is 3.24 Å². The second-order valence-electron chi connectivity index (χ2n) is 6.28. The first-order valence-corrected chi connectivity index (χ1v) is 6.76. The molecule has 1 nitrogen and oxygen atoms in total. The summed E-state index contributed by atoms with van der Waals surface area (Å²) in [5.41, 5.74) is 4.86. The van der Waals surface area contributed by atoms with Crippen molar-refractivity contribution in [3.8, 4) is 0 Å². The highest BCUT2D eigenvalue weighted by molar-refractivity contribution is 5.40. The Morgan fingerprint density at radius 3 is 2.71 bits per heavy atom. The van der Waals surface area contributed by atoms with Gasteiger partial charge in [0.1, 0.15) is 0 Å². The predicted molar refractivity (Wildman–Crippen MR) is 74.5 cm³/mol. The van der Waals surface area contributed by atoms with Crippen molar-refractivity contribution < 1.29 is 0 Å². The molecule has 0 radical (unpaired) electrons. The molecular formula is C16H25N. The minimum Gasteiger partial charge on any atom is -0.301 e. The molecule has 94 valence electrons. The molecule has 1 atom stereocenters. The van der Waals surface area contributed by atoms with Crippen LogP contribution in [0.25, 0.3) is 0 Å². The fourth-order valence-corrected chi connectivity index (χ4v) is 3.05. The fourth-order valence-electron chi connectivity index (χ4n) is 3.05. The van der Waals surface area contributed by atoms with E-state index in [2.05, 4.69) is 57.8 Å². The fraction of sp³-hybridized carbons (Fsp3) is 0.625. The zero-order chi connectivity index (χ0) is 12.6. The van der Waals surface area contributed by atoms with E-state index in [4.69, 9.17) is 0 Å². The third kappa shape index (κ3) is 2.40. The van der Waals surface area contributed by atoms with Gasteiger partial charge in [0.15, 0.2) is 0 Å². The molecule has 0 aromatic heterocycles. The number of benzene rings is 1. The molecule has 0 saturated carbocycles. The lowest BCUT2D eigenvalue weighted by Gasteiger charge is -2.38. The predicted octanol–water partition coefficient (Wildman–Crippen LogP) is 3.92. The van der Waals surface area contributed by atoms with Crippen LogP contribution in [-0.2, 0) is 12.0 Å². The minimum absolute atomic E-state index is 0.288. The van der Waals surface area contributed by atoms with E-state index >= 15 is 0 Å². The van der Waals surface area contributed by atoms with Gasteiger partial charge in [-0.1, -0.05) is 45.9 Å². The van der Waals surface area contributed by atoms with Gasteiger partial charge in [0.2, 0.25) is 0 Å². The maximum absolute atomic E-state index is 2.43. The van der Waals surface area contributed by atoms with E-state index in [-0.39, 0.29) is 5.41 Å². The Labute approximate surface area is 106 Å². The van der Waals surface area contributed by atoms with Gasteiger partial charge in [0, 0.05) is 18.5 Å². The van der Waals surface area contributed by atoms with Gasteiger partial charge in [-0.25, -0.2) is 0 Å². The molecule has 0 bridgehead atoms. The van der Waals surface area contributed by atoms with Crippen molar-refractivity contribution >= 4 is 0 Å². The maximum Gasteiger partial charge on any atom is 0.0234 e. The smallest absolute Gasteiger partial charge is 0.0234 e. The molecule has 0 spiro atoms. The summed E-state index contributed by atoms with van der Waals surface area (Å²) in [7, 11) is 2.22. The van der Waals surface area contributed by atoms with Gasteiger partial charge in [-0.15, -0.1) is 0 Å². The van der Waals surface area contributed by atoms with Crippen LogP contribution in [0.3, 0.4) is 0 Å². The van der Waals surface area contributed by atoms with Crippen molar-refractivity contribution in [3.63, 3.8) is 0 Å². The van der Waals surface area contributed by atoms with Gasteiger partial charge in [-0.2, -0.15) is 0 Å². The molecule has 0 aliphatic carbocycles. The molecule has 1 aromatic carbocycles. The van der Waals surface area contributed by atoms with E-state index in [1.165, 1.54) is 17.5 Å². The van der Waals surface area contributed by atoms with E-state index in [0.29, 0.717) is 5.92 Å². The van der Waals surface area contributed by atoms with Gasteiger partial charge >= 0.3 is 0 Å². The van der Waals surface area contributed by atoms with Crippen LogP contribution in [0.15, 0.2) is 18.2 Å². The lowest BCUT2D eigenvalue weighted by Crippen LogP contribution is -2.39. The average Bonchev–Trinajstić information content (AvgIpc) is 2.25. The molecule has 1 aliphatic rings. The lowest BCUT2D eigenvalue weighted by atomic mass is 9.77. The van der Waals surface area contributed by atoms with Gasteiger partial charge < -0.3 is 4.90 Å². The summed E-state index contributed by atoms with van der Waals surface area (Å²) < 4.78 is 0. The Kier molecular flexibility index (Phi) is 3.31. The quantitative estimate of drug-likeness (QED) is 0.745. The normalized spacial score (nSPS) is 21.0. The summed E-state index contributed by atoms with van der Waals surface area (Å²) >= 11 is 0. The van der Waals surface area contributed by atoms with Crippen LogP contribution in [0.5, 0.6) is 0 Å². The monoisotopic (exact) mass is 231 g/mol. The highest BCUT2D eigenvalue weighted by Crippen LogP contribution is 2.34. The second kappa shape index (κ2) is 4.45. The molecular weight excluding hydrogens is 206 g/mol. The Hall–Kier alpha value is -0.820. The van der Waals surface area contributed by atoms with Crippen LogP contribution in [0.1, 0.15) is 56.7 Å². The molecule has 17 heavy (non-hydrogen) atoms. The van der Waals surface area contributed by atoms with E-state index in [9.17, 15) is 0 Å². The van der Waals surface area contributed by atoms with Gasteiger partial charge in [-0.3, -0.25) is 0 Å². The van der Waals surface area contributed by atoms with Gasteiger partial charge in [-0.05, 0) is 36.1 Å². The SMILES string of the molecule is CCC(C)c1ccc2c(c1)CN(C)CC2(C)C. The Morgan fingerprint density at radius 1 is 1.35 bits per heavy atom. The van der Waals surface area contributed by atoms with Crippen LogP contribution in [-0.4, -0.2) is 18.5 Å². The van der Waals surface area contributed by atoms with Crippen LogP contribution in [0.2, 0.25) is 0 Å². The summed E-state index contributed by atoms with van der Waals surface area (Å²) in [5.74, 6) is 0.677. The summed E-state index contributed by atoms with van der Waals surface area (Å²) in [5, 5.41) is 0. The third-order valence-corrected chi connectivity index (χ3v) is 4.15. The van der Waals surface area contributed by atoms with Crippen molar-refractivity contribution in [1.82, 2.24) is 4.90 Å². The zero-order valence-electron chi connectivity index (χ0n) is 11.9. The van der Waals surface area contributed by atoms with Crippen molar-refractivity contribution in [2.45, 2.75) is 52.0 Å². The highest BCUT2D eigenvalue weighted by atomic mass is 15.1. The number of fused-ring (bicyclic) bond motifs is 1. The largest absolute Gasteiger partial charge is 0.301 e. The number of nitrogens with zero attached hydrogens (tertiary/aromatic N) is 1. The van der Waals surface area contributed by atoms with Crippen molar-refractivity contribution in [3.05, 3.63) is 34.9 Å². The zero-order valence-corrected chi connectivity index (χ0v) is 11.9. The first kappa shape index (κ1) is 12.6. The highest BCUT2D eigenvalue weighted by Gasteiger charge is 2.30. The Bertz CT molecular complexity index is 406. The van der Waals surface area contributed by atoms with Gasteiger partial charge in [0.25, 0.3) is 0 Å². The van der Waals surface area contributed by atoms with Crippen LogP contribution in [0, 0.1) is 0 Å². The summed E-state index contributed by atoms with van der Waals surface area (Å²) in [6, 6.07) is 7.13. The molecule has 0 fully saturated rings. The molecule has 2 rings (SSSR count). The average molecular weight is 231 g/mol. The van der Waals surface area contributed by atoms with E-state index in [1.54, 1.807) is 5.56 Å². The Balaban J connectivity index is 2.42. The van der Waals surface area contributed by atoms with Crippen LogP contribution in [0.4, 0.5) is 0 Å². The van der Waals surface area contributed by atoms with Crippen molar-refractivity contribution in [1.29, 1.82) is 0 Å². The first-order valence-electron chi connectivity index (χ1n) is 6.76. The summed E-state index contributed by atoms with van der Waals surface area (Å²) in [4.78, 5) is 2.43. The summed E-state index contributed by atoms with van der Waals surface area (Å²) in [6.45, 7) is 11.5. The molecule has 1 heterocycles. The van der Waals surface area contributed by atoms with Crippen molar-refractivity contribution in [2.24, 2.45) is 0 Å². The number of rotatable bonds is 2. The summed E-state index contributed by atoms with van der Waals surface area (Å²) in [6.07, 6.45) is 1.22. The second-order valence-corrected chi connectivity index (χ2v) is 6.28. The number of hydrogen-bond donors (Lipinski definition) is 0. The number of hydrogen-bond acceptors (Lipinski definition) is 1. The maximum atomic E-state index is 2.43. The molecule has 0 N–H and O–H groups in total. The first-order chi connectivity index (χ1) is 7.94. The molecule has 1 unspecified atom stereocenters.